The minimum absolute atomic E-state index is 0.145. The molecule has 0 amide bonds. The summed E-state index contributed by atoms with van der Waals surface area (Å²) in [5.74, 6) is 0. The van der Waals surface area contributed by atoms with E-state index in [1.54, 1.807) is 11.1 Å². The van der Waals surface area contributed by atoms with Crippen LogP contribution in [0.5, 0.6) is 0 Å². The molecule has 0 aromatic rings. The molecule has 5 aliphatic rings. The molecule has 2 saturated heterocycles. The molecule has 0 aromatic carbocycles. The fraction of sp³-hybridized carbons (Fsp3) is 0.529. The lowest BCUT2D eigenvalue weighted by Crippen LogP contribution is -2.70. The quantitative estimate of drug-likeness (QED) is 0.670. The third-order valence-electron chi connectivity index (χ3n) is 6.21. The van der Waals surface area contributed by atoms with E-state index in [0.717, 1.165) is 0 Å². The van der Waals surface area contributed by atoms with Gasteiger partial charge in [0.1, 0.15) is 11.1 Å². The molecule has 0 saturated carbocycles. The summed E-state index contributed by atoms with van der Waals surface area (Å²) < 4.78 is 0. The van der Waals surface area contributed by atoms with Crippen molar-refractivity contribution in [3.05, 3.63) is 45.8 Å². The maximum atomic E-state index is 3.75. The molecule has 19 heavy (non-hydrogen) atoms. The molecule has 3 aliphatic carbocycles. The van der Waals surface area contributed by atoms with Gasteiger partial charge in [-0.3, -0.25) is 0 Å². The predicted molar refractivity (Wildman–Crippen MR) is 76.4 cm³/mol. The highest BCUT2D eigenvalue weighted by molar-refractivity contribution is 5.78. The topological polar surface area (TPSA) is 25.2 Å². The van der Waals surface area contributed by atoms with Crippen molar-refractivity contribution in [3.63, 3.8) is 0 Å². The molecular formula is C17H20N2. The van der Waals surface area contributed by atoms with Gasteiger partial charge in [-0.2, -0.15) is 0 Å². The number of dihydropyridines is 1. The molecule has 0 radical (unpaired) electrons. The summed E-state index contributed by atoms with van der Waals surface area (Å²) >= 11 is 0. The average molecular weight is 252 g/mol. The van der Waals surface area contributed by atoms with Gasteiger partial charge in [0.05, 0.1) is 11.4 Å². The second-order valence-corrected chi connectivity index (χ2v) is 6.72. The van der Waals surface area contributed by atoms with E-state index in [-0.39, 0.29) is 11.1 Å². The van der Waals surface area contributed by atoms with Gasteiger partial charge in [-0.25, -0.2) is 0 Å². The van der Waals surface area contributed by atoms with Crippen LogP contribution in [0.15, 0.2) is 45.8 Å². The van der Waals surface area contributed by atoms with Crippen molar-refractivity contribution in [3.8, 4) is 0 Å². The number of likely N-dealkylation sites (N-methyl/N-ethyl adjacent to an activating group) is 1. The third-order valence-corrected chi connectivity index (χ3v) is 6.21. The zero-order valence-electron chi connectivity index (χ0n) is 11.9. The Balaban J connectivity index is 1.75. The SMILES string of the molecule is CC1=C2NC23C(=C1C)N(C)C31C=CC2=C1CCCC2. The van der Waals surface area contributed by atoms with E-state index in [1.807, 2.05) is 0 Å². The van der Waals surface area contributed by atoms with Gasteiger partial charge in [-0.1, -0.05) is 12.2 Å². The van der Waals surface area contributed by atoms with Crippen molar-refractivity contribution in [2.75, 3.05) is 7.05 Å². The lowest BCUT2D eigenvalue weighted by atomic mass is 9.65. The zero-order chi connectivity index (χ0) is 13.0. The number of rotatable bonds is 0. The number of allylic oxidation sites excluding steroid dienone is 4. The van der Waals surface area contributed by atoms with Crippen molar-refractivity contribution in [1.29, 1.82) is 0 Å². The van der Waals surface area contributed by atoms with Crippen LogP contribution < -0.4 is 5.32 Å². The van der Waals surface area contributed by atoms with Crippen LogP contribution in [-0.2, 0) is 0 Å². The number of hydrogen-bond donors (Lipinski definition) is 1. The van der Waals surface area contributed by atoms with Gasteiger partial charge in [0, 0.05) is 7.05 Å². The summed E-state index contributed by atoms with van der Waals surface area (Å²) in [6.07, 6.45) is 10.2. The molecule has 2 atom stereocenters. The molecule has 2 spiro atoms. The van der Waals surface area contributed by atoms with Crippen LogP contribution in [0.25, 0.3) is 0 Å². The van der Waals surface area contributed by atoms with Crippen LogP contribution >= 0.6 is 0 Å². The molecule has 2 heterocycles. The Morgan fingerprint density at radius 3 is 2.79 bits per heavy atom. The smallest absolute Gasteiger partial charge is 0.149 e. The zero-order valence-corrected chi connectivity index (χ0v) is 11.9. The highest BCUT2D eigenvalue weighted by Crippen LogP contribution is 2.70. The van der Waals surface area contributed by atoms with Crippen LogP contribution in [0.4, 0.5) is 0 Å². The van der Waals surface area contributed by atoms with Crippen LogP contribution in [0.2, 0.25) is 0 Å². The molecule has 2 heteroatoms. The van der Waals surface area contributed by atoms with Crippen LogP contribution in [0.3, 0.4) is 0 Å². The summed E-state index contributed by atoms with van der Waals surface area (Å²) in [6, 6.07) is 0. The summed E-state index contributed by atoms with van der Waals surface area (Å²) in [7, 11) is 2.29. The fourth-order valence-corrected chi connectivity index (χ4v) is 5.23. The van der Waals surface area contributed by atoms with Gasteiger partial charge < -0.3 is 10.2 Å². The Morgan fingerprint density at radius 1 is 1.16 bits per heavy atom. The number of hydrogen-bond acceptors (Lipinski definition) is 2. The van der Waals surface area contributed by atoms with E-state index < -0.39 is 0 Å². The van der Waals surface area contributed by atoms with Crippen molar-refractivity contribution < 1.29 is 0 Å². The summed E-state index contributed by atoms with van der Waals surface area (Å²) in [6.45, 7) is 4.56. The van der Waals surface area contributed by atoms with Crippen molar-refractivity contribution in [1.82, 2.24) is 10.2 Å². The molecule has 5 rings (SSSR count). The van der Waals surface area contributed by atoms with Crippen molar-refractivity contribution in [2.45, 2.75) is 50.6 Å². The highest BCUT2D eigenvalue weighted by Gasteiger charge is 2.80. The first kappa shape index (κ1) is 10.4. The maximum absolute atomic E-state index is 3.75. The van der Waals surface area contributed by atoms with E-state index in [9.17, 15) is 0 Å². The van der Waals surface area contributed by atoms with Gasteiger partial charge in [-0.05, 0) is 61.8 Å². The molecule has 0 bridgehead atoms. The van der Waals surface area contributed by atoms with Gasteiger partial charge in [0.25, 0.3) is 0 Å². The molecule has 0 aromatic heterocycles. The standard InChI is InChI=1S/C17H20N2/c1-10-11(2)15-17(14(10)18-17)16(19(15)3)9-8-12-6-4-5-7-13(12)16/h8-9,18H,4-7H2,1-3H3. The van der Waals surface area contributed by atoms with Crippen LogP contribution in [0, 0.1) is 0 Å². The Kier molecular flexibility index (Phi) is 1.47. The van der Waals surface area contributed by atoms with Crippen LogP contribution in [-0.4, -0.2) is 23.0 Å². The van der Waals surface area contributed by atoms with E-state index in [1.165, 1.54) is 48.2 Å². The maximum Gasteiger partial charge on any atom is 0.149 e. The third kappa shape index (κ3) is 0.769. The van der Waals surface area contributed by atoms with Gasteiger partial charge in [0.2, 0.25) is 0 Å². The molecule has 2 aliphatic heterocycles. The molecule has 2 fully saturated rings. The largest absolute Gasteiger partial charge is 0.368 e. The Labute approximate surface area is 114 Å². The molecule has 98 valence electrons. The number of likely N-dealkylation sites (tertiary alicyclic amines) is 1. The van der Waals surface area contributed by atoms with Crippen molar-refractivity contribution in [2.24, 2.45) is 0 Å². The Bertz CT molecular complexity index is 661. The summed E-state index contributed by atoms with van der Waals surface area (Å²) in [5.41, 5.74) is 9.66. The van der Waals surface area contributed by atoms with Gasteiger partial charge in [-0.15, -0.1) is 0 Å². The van der Waals surface area contributed by atoms with Crippen molar-refractivity contribution >= 4 is 0 Å². The molecule has 1 N–H and O–H groups in total. The van der Waals surface area contributed by atoms with Crippen LogP contribution in [0.1, 0.15) is 39.5 Å². The first-order valence-electron chi connectivity index (χ1n) is 7.51. The second-order valence-electron chi connectivity index (χ2n) is 6.72. The minimum atomic E-state index is 0.145. The predicted octanol–water partition coefficient (Wildman–Crippen LogP) is 3.01. The van der Waals surface area contributed by atoms with Gasteiger partial charge >= 0.3 is 0 Å². The first-order valence-corrected chi connectivity index (χ1v) is 7.51. The molecular weight excluding hydrogens is 232 g/mol. The minimum Gasteiger partial charge on any atom is -0.368 e. The molecule has 2 unspecified atom stereocenters. The number of nitrogens with one attached hydrogen (secondary N) is 1. The fourth-order valence-electron chi connectivity index (χ4n) is 5.23. The summed E-state index contributed by atoms with van der Waals surface area (Å²) in [5, 5.41) is 3.75. The molecule has 2 nitrogen and oxygen atoms in total. The number of fused-ring (bicyclic) bond motifs is 1. The monoisotopic (exact) mass is 252 g/mol. The van der Waals surface area contributed by atoms with E-state index in [0.29, 0.717) is 0 Å². The number of nitrogens with zero attached hydrogens (tertiary/aromatic N) is 1. The highest BCUT2D eigenvalue weighted by atomic mass is 15.5. The average Bonchev–Trinajstić information content (AvgIpc) is 2.99. The lowest BCUT2D eigenvalue weighted by Gasteiger charge is -2.58. The summed E-state index contributed by atoms with van der Waals surface area (Å²) in [4.78, 5) is 2.54. The Morgan fingerprint density at radius 2 is 1.95 bits per heavy atom. The van der Waals surface area contributed by atoms with E-state index >= 15 is 0 Å². The van der Waals surface area contributed by atoms with E-state index in [2.05, 4.69) is 43.3 Å². The Hall–Kier alpha value is -1.44. The normalized spacial score (nSPS) is 41.5. The van der Waals surface area contributed by atoms with E-state index in [4.69, 9.17) is 0 Å². The van der Waals surface area contributed by atoms with Gasteiger partial charge in [0.15, 0.2) is 0 Å². The lowest BCUT2D eigenvalue weighted by molar-refractivity contribution is 0.103. The second kappa shape index (κ2) is 2.70. The first-order chi connectivity index (χ1) is 9.14.